The van der Waals surface area contributed by atoms with E-state index in [9.17, 15) is 15.3 Å². The van der Waals surface area contributed by atoms with Gasteiger partial charge < -0.3 is 30.8 Å². The summed E-state index contributed by atoms with van der Waals surface area (Å²) < 4.78 is 0. The lowest BCUT2D eigenvalue weighted by Crippen LogP contribution is -2.54. The van der Waals surface area contributed by atoms with E-state index in [4.69, 9.17) is 10.2 Å². The Balaban J connectivity index is 4.33. The van der Waals surface area contributed by atoms with Crippen LogP contribution in [0.25, 0.3) is 0 Å². The van der Waals surface area contributed by atoms with Crippen molar-refractivity contribution < 1.29 is 25.5 Å². The summed E-state index contributed by atoms with van der Waals surface area (Å²) in [6.45, 7) is 0.802. The quantitative estimate of drug-likeness (QED) is 0.278. The summed E-state index contributed by atoms with van der Waals surface area (Å²) in [6, 6.07) is -0.758. The summed E-state index contributed by atoms with van der Waals surface area (Å²) in [5, 5.41) is 48.2. The molecule has 0 radical (unpaired) electrons. The smallest absolute Gasteiger partial charge is 0.110 e. The maximum atomic E-state index is 9.51. The number of aliphatic hydroxyl groups excluding tert-OH is 5. The summed E-state index contributed by atoms with van der Waals surface area (Å²) in [7, 11) is 1.51. The maximum Gasteiger partial charge on any atom is 0.110 e. The van der Waals surface area contributed by atoms with Gasteiger partial charge >= 0.3 is 0 Å². The minimum absolute atomic E-state index is 0.644. The van der Waals surface area contributed by atoms with Gasteiger partial charge in [0.05, 0.1) is 18.8 Å². The van der Waals surface area contributed by atoms with Crippen molar-refractivity contribution in [3.8, 4) is 0 Å². The third-order valence-electron chi connectivity index (χ3n) is 2.15. The van der Waals surface area contributed by atoms with Crippen molar-refractivity contribution >= 4 is 0 Å². The Bertz CT molecular complexity index is 155. The molecular formula is C8H19NO5. The summed E-state index contributed by atoms with van der Waals surface area (Å²) >= 11 is 0. The zero-order valence-corrected chi connectivity index (χ0v) is 8.33. The number of nitrogens with one attached hydrogen (secondary N) is 1. The second-order valence-corrected chi connectivity index (χ2v) is 3.29. The first-order chi connectivity index (χ1) is 6.45. The summed E-state index contributed by atoms with van der Waals surface area (Å²) in [6.07, 6.45) is -5.13. The summed E-state index contributed by atoms with van der Waals surface area (Å²) in [5.74, 6) is 0. The molecular weight excluding hydrogens is 190 g/mol. The van der Waals surface area contributed by atoms with Crippen molar-refractivity contribution in [2.24, 2.45) is 0 Å². The molecule has 86 valence electrons. The topological polar surface area (TPSA) is 113 Å². The second kappa shape index (κ2) is 6.28. The maximum absolute atomic E-state index is 9.51. The van der Waals surface area contributed by atoms with Crippen LogP contribution in [0.5, 0.6) is 0 Å². The van der Waals surface area contributed by atoms with Crippen molar-refractivity contribution in [1.82, 2.24) is 5.32 Å². The predicted molar refractivity (Wildman–Crippen MR) is 49.6 cm³/mol. The van der Waals surface area contributed by atoms with Gasteiger partial charge in [-0.3, -0.25) is 0 Å². The van der Waals surface area contributed by atoms with E-state index in [0.29, 0.717) is 0 Å². The molecule has 0 saturated heterocycles. The Kier molecular flexibility index (Phi) is 6.17. The molecule has 6 heteroatoms. The van der Waals surface area contributed by atoms with Crippen LogP contribution >= 0.6 is 0 Å². The van der Waals surface area contributed by atoms with Crippen LogP contribution in [0, 0.1) is 0 Å². The highest BCUT2D eigenvalue weighted by Crippen LogP contribution is 2.07. The average molecular weight is 209 g/mol. The molecule has 0 saturated carbocycles. The van der Waals surface area contributed by atoms with Crippen LogP contribution in [-0.2, 0) is 0 Å². The third-order valence-corrected chi connectivity index (χ3v) is 2.15. The number of hydrogen-bond donors (Lipinski definition) is 6. The van der Waals surface area contributed by atoms with Crippen LogP contribution in [0.2, 0.25) is 0 Å². The minimum Gasteiger partial charge on any atom is -0.394 e. The first kappa shape index (κ1) is 13.8. The van der Waals surface area contributed by atoms with E-state index in [1.165, 1.54) is 14.0 Å². The fraction of sp³-hybridized carbons (Fsp3) is 1.00. The summed E-state index contributed by atoms with van der Waals surface area (Å²) in [4.78, 5) is 0. The SMILES string of the molecule is CNC(C(C)O)C(O)C(O)C(O)CO. The Hall–Kier alpha value is -0.240. The molecule has 0 aromatic rings. The van der Waals surface area contributed by atoms with Gasteiger partial charge in [0, 0.05) is 0 Å². The Morgan fingerprint density at radius 2 is 1.57 bits per heavy atom. The highest BCUT2D eigenvalue weighted by Gasteiger charge is 2.32. The highest BCUT2D eigenvalue weighted by atomic mass is 16.4. The monoisotopic (exact) mass is 209 g/mol. The Morgan fingerprint density at radius 1 is 1.07 bits per heavy atom. The minimum atomic E-state index is -1.49. The zero-order chi connectivity index (χ0) is 11.3. The molecule has 0 amide bonds. The first-order valence-electron chi connectivity index (χ1n) is 4.46. The fourth-order valence-corrected chi connectivity index (χ4v) is 1.25. The standard InChI is InChI=1S/C8H19NO5/c1-4(11)6(9-2)8(14)7(13)5(12)3-10/h4-14H,3H2,1-2H3. The van der Waals surface area contributed by atoms with Gasteiger partial charge in [-0.15, -0.1) is 0 Å². The molecule has 6 nitrogen and oxygen atoms in total. The van der Waals surface area contributed by atoms with Gasteiger partial charge in [-0.25, -0.2) is 0 Å². The molecule has 5 unspecified atom stereocenters. The van der Waals surface area contributed by atoms with E-state index in [1.54, 1.807) is 0 Å². The molecule has 0 aromatic heterocycles. The van der Waals surface area contributed by atoms with E-state index in [-0.39, 0.29) is 0 Å². The number of hydrogen-bond acceptors (Lipinski definition) is 6. The van der Waals surface area contributed by atoms with E-state index >= 15 is 0 Å². The Morgan fingerprint density at radius 3 is 1.86 bits per heavy atom. The summed E-state index contributed by atoms with van der Waals surface area (Å²) in [5.41, 5.74) is 0. The van der Waals surface area contributed by atoms with Gasteiger partial charge in [-0.05, 0) is 14.0 Å². The number of rotatable bonds is 6. The normalized spacial score (nSPS) is 22.5. The van der Waals surface area contributed by atoms with Crippen LogP contribution in [0.1, 0.15) is 6.92 Å². The van der Waals surface area contributed by atoms with Gasteiger partial charge in [0.2, 0.25) is 0 Å². The van der Waals surface area contributed by atoms with Gasteiger partial charge in [0.1, 0.15) is 18.3 Å². The van der Waals surface area contributed by atoms with Crippen molar-refractivity contribution in [1.29, 1.82) is 0 Å². The molecule has 0 bridgehead atoms. The van der Waals surface area contributed by atoms with E-state index in [2.05, 4.69) is 5.32 Å². The zero-order valence-electron chi connectivity index (χ0n) is 8.33. The van der Waals surface area contributed by atoms with Gasteiger partial charge in [-0.2, -0.15) is 0 Å². The van der Waals surface area contributed by atoms with E-state index in [1.807, 2.05) is 0 Å². The van der Waals surface area contributed by atoms with Gasteiger partial charge in [-0.1, -0.05) is 0 Å². The molecule has 14 heavy (non-hydrogen) atoms. The number of aliphatic hydroxyl groups is 5. The molecule has 0 rings (SSSR count). The lowest BCUT2D eigenvalue weighted by molar-refractivity contribution is -0.0981. The van der Waals surface area contributed by atoms with Crippen LogP contribution in [0.4, 0.5) is 0 Å². The lowest BCUT2D eigenvalue weighted by atomic mass is 9.98. The van der Waals surface area contributed by atoms with Crippen molar-refractivity contribution in [2.45, 2.75) is 37.4 Å². The molecule has 0 aromatic carbocycles. The highest BCUT2D eigenvalue weighted by molar-refractivity contribution is 4.87. The van der Waals surface area contributed by atoms with Crippen molar-refractivity contribution in [2.75, 3.05) is 13.7 Å². The average Bonchev–Trinajstić information content (AvgIpc) is 2.15. The van der Waals surface area contributed by atoms with Crippen LogP contribution < -0.4 is 5.32 Å². The lowest BCUT2D eigenvalue weighted by Gasteiger charge is -2.30. The van der Waals surface area contributed by atoms with Crippen molar-refractivity contribution in [3.05, 3.63) is 0 Å². The predicted octanol–water partition coefficient (Wildman–Crippen LogP) is -2.97. The fourth-order valence-electron chi connectivity index (χ4n) is 1.25. The van der Waals surface area contributed by atoms with Gasteiger partial charge in [0.15, 0.2) is 0 Å². The molecule has 0 aliphatic heterocycles. The van der Waals surface area contributed by atoms with Crippen molar-refractivity contribution in [3.63, 3.8) is 0 Å². The molecule has 0 fully saturated rings. The molecule has 0 aliphatic rings. The van der Waals surface area contributed by atoms with Gasteiger partial charge in [0.25, 0.3) is 0 Å². The molecule has 0 heterocycles. The third kappa shape index (κ3) is 3.49. The van der Waals surface area contributed by atoms with Crippen LogP contribution in [0.15, 0.2) is 0 Å². The van der Waals surface area contributed by atoms with Crippen LogP contribution in [-0.4, -0.2) is 69.6 Å². The molecule has 0 spiro atoms. The van der Waals surface area contributed by atoms with E-state index < -0.39 is 37.1 Å². The number of likely N-dealkylation sites (N-methyl/N-ethyl adjacent to an activating group) is 1. The molecule has 6 N–H and O–H groups in total. The Labute approximate surface area is 82.8 Å². The first-order valence-corrected chi connectivity index (χ1v) is 4.46. The second-order valence-electron chi connectivity index (χ2n) is 3.29. The van der Waals surface area contributed by atoms with Crippen LogP contribution in [0.3, 0.4) is 0 Å². The van der Waals surface area contributed by atoms with E-state index in [0.717, 1.165) is 0 Å². The largest absolute Gasteiger partial charge is 0.394 e. The molecule has 0 aliphatic carbocycles. The molecule has 5 atom stereocenters.